The molecule has 2 saturated heterocycles. The van der Waals surface area contributed by atoms with Gasteiger partial charge >= 0.3 is 6.16 Å². The Morgan fingerprint density at radius 3 is 2.80 bits per heavy atom. The molecule has 0 spiro atoms. The monoisotopic (exact) mass is 484 g/mol. The molecule has 0 unspecified atom stereocenters. The molecular weight excluding hydrogens is 460 g/mol. The zero-order chi connectivity index (χ0) is 24.7. The molecule has 0 amide bonds. The summed E-state index contributed by atoms with van der Waals surface area (Å²) in [7, 11) is 0. The van der Waals surface area contributed by atoms with Gasteiger partial charge in [-0.05, 0) is 54.8 Å². The first-order valence-electron chi connectivity index (χ1n) is 11.1. The number of hydrogen-bond donors (Lipinski definition) is 3. The summed E-state index contributed by atoms with van der Waals surface area (Å²) in [5.41, 5.74) is 2.23. The van der Waals surface area contributed by atoms with Crippen LogP contribution in [0.25, 0.3) is 11.0 Å². The number of hydrogen-bond acceptors (Lipinski definition) is 10. The van der Waals surface area contributed by atoms with E-state index >= 15 is 0 Å². The molecule has 1 aromatic heterocycles. The van der Waals surface area contributed by atoms with E-state index in [2.05, 4.69) is 0 Å². The van der Waals surface area contributed by atoms with Gasteiger partial charge in [0.25, 0.3) is 0 Å². The maximum atomic E-state index is 13.1. The van der Waals surface area contributed by atoms with Crippen LogP contribution in [0.2, 0.25) is 0 Å². The van der Waals surface area contributed by atoms with E-state index < -0.39 is 36.9 Å². The van der Waals surface area contributed by atoms with Crippen molar-refractivity contribution in [3.8, 4) is 11.5 Å². The molecule has 0 radical (unpaired) electrons. The van der Waals surface area contributed by atoms with E-state index in [-0.39, 0.29) is 35.9 Å². The standard InChI is InChI=1S/C25H24O10/c1-12-8-16(27)20(15(26)4-2-13-3-5-17-14(10-13)6-7-31-17)18(9-12)33-24-22(29)21(28)23-19(34-24)11-32-25(30)35-23/h3,5-10,19,21-24,27-29H,2,4,11H2,1H3/t19-,21-,22-,23-,24-/m1/s1. The molecule has 10 nitrogen and oxygen atoms in total. The number of fused-ring (bicyclic) bond motifs is 2. The topological polar surface area (TPSA) is 145 Å². The number of ketones is 1. The van der Waals surface area contributed by atoms with Gasteiger partial charge in [0, 0.05) is 11.8 Å². The van der Waals surface area contributed by atoms with Gasteiger partial charge in [-0.15, -0.1) is 0 Å². The second-order valence-electron chi connectivity index (χ2n) is 8.66. The summed E-state index contributed by atoms with van der Waals surface area (Å²) in [6, 6.07) is 10.5. The van der Waals surface area contributed by atoms with E-state index in [0.29, 0.717) is 12.0 Å². The zero-order valence-corrected chi connectivity index (χ0v) is 18.7. The van der Waals surface area contributed by atoms with E-state index in [1.165, 1.54) is 12.1 Å². The molecule has 3 N–H and O–H groups in total. The van der Waals surface area contributed by atoms with Gasteiger partial charge in [0.1, 0.15) is 47.6 Å². The van der Waals surface area contributed by atoms with Gasteiger partial charge in [0.15, 0.2) is 11.9 Å². The molecule has 2 aliphatic heterocycles. The van der Waals surface area contributed by atoms with E-state index in [4.69, 9.17) is 23.4 Å². The fourth-order valence-electron chi connectivity index (χ4n) is 4.37. The second-order valence-corrected chi connectivity index (χ2v) is 8.66. The fraction of sp³-hybridized carbons (Fsp3) is 0.360. The summed E-state index contributed by atoms with van der Waals surface area (Å²) in [5, 5.41) is 32.5. The lowest BCUT2D eigenvalue weighted by molar-refractivity contribution is -0.291. The number of aliphatic hydroxyl groups excluding tert-OH is 2. The normalized spacial score (nSPS) is 26.0. The van der Waals surface area contributed by atoms with Crippen LogP contribution in [0.3, 0.4) is 0 Å². The summed E-state index contributed by atoms with van der Waals surface area (Å²) >= 11 is 0. The molecule has 2 fully saturated rings. The second kappa shape index (κ2) is 9.21. The summed E-state index contributed by atoms with van der Waals surface area (Å²) in [5.74, 6) is -0.640. The Bertz CT molecular complexity index is 1260. The van der Waals surface area contributed by atoms with Crippen LogP contribution in [0.1, 0.15) is 27.9 Å². The maximum absolute atomic E-state index is 13.1. The van der Waals surface area contributed by atoms with Crippen molar-refractivity contribution < 1.29 is 48.3 Å². The molecule has 0 saturated carbocycles. The smallest absolute Gasteiger partial charge is 0.507 e. The quantitative estimate of drug-likeness (QED) is 0.353. The number of phenolic OH excluding ortho intramolecular Hbond substituents is 1. The number of ether oxygens (including phenoxy) is 4. The maximum Gasteiger partial charge on any atom is 0.508 e. The molecule has 2 aliphatic rings. The van der Waals surface area contributed by atoms with Gasteiger partial charge in [0.05, 0.1) is 6.26 Å². The lowest BCUT2D eigenvalue weighted by Crippen LogP contribution is -2.63. The first-order valence-corrected chi connectivity index (χ1v) is 11.1. The predicted octanol–water partition coefficient (Wildman–Crippen LogP) is 2.62. The van der Waals surface area contributed by atoms with Crippen molar-refractivity contribution in [1.82, 2.24) is 0 Å². The highest BCUT2D eigenvalue weighted by atomic mass is 16.8. The van der Waals surface area contributed by atoms with Crippen molar-refractivity contribution in [2.75, 3.05) is 6.61 Å². The van der Waals surface area contributed by atoms with E-state index in [9.17, 15) is 24.9 Å². The number of rotatable bonds is 6. The molecule has 35 heavy (non-hydrogen) atoms. The van der Waals surface area contributed by atoms with Gasteiger partial charge in [-0.2, -0.15) is 0 Å². The van der Waals surface area contributed by atoms with Crippen LogP contribution < -0.4 is 4.74 Å². The number of benzene rings is 2. The Hall–Kier alpha value is -3.60. The largest absolute Gasteiger partial charge is 0.508 e. The summed E-state index contributed by atoms with van der Waals surface area (Å²) in [6.07, 6.45) is -5.36. The number of aliphatic hydroxyl groups is 2. The minimum atomic E-state index is -1.59. The van der Waals surface area contributed by atoms with Crippen LogP contribution in [0, 0.1) is 6.92 Å². The van der Waals surface area contributed by atoms with E-state index in [1.54, 1.807) is 13.2 Å². The first-order chi connectivity index (χ1) is 16.8. The number of aryl methyl sites for hydroxylation is 2. The van der Waals surface area contributed by atoms with Gasteiger partial charge in [-0.1, -0.05) is 6.07 Å². The van der Waals surface area contributed by atoms with E-state index in [1.807, 2.05) is 24.3 Å². The molecule has 5 rings (SSSR count). The molecule has 3 aromatic rings. The summed E-state index contributed by atoms with van der Waals surface area (Å²) in [6.45, 7) is 1.51. The average Bonchev–Trinajstić information content (AvgIpc) is 3.29. The molecule has 3 heterocycles. The number of Topliss-reactive ketones (excluding diaryl/α,β-unsaturated/α-hetero) is 1. The molecule has 5 atom stereocenters. The summed E-state index contributed by atoms with van der Waals surface area (Å²) in [4.78, 5) is 24.5. The Kier molecular flexibility index (Phi) is 6.10. The number of carbonyl (C=O) groups is 2. The van der Waals surface area contributed by atoms with Gasteiger partial charge < -0.3 is 38.7 Å². The third kappa shape index (κ3) is 4.55. The van der Waals surface area contributed by atoms with Crippen LogP contribution >= 0.6 is 0 Å². The highest BCUT2D eigenvalue weighted by Crippen LogP contribution is 2.35. The van der Waals surface area contributed by atoms with Crippen molar-refractivity contribution in [3.63, 3.8) is 0 Å². The van der Waals surface area contributed by atoms with Crippen LogP contribution in [0.4, 0.5) is 4.79 Å². The molecular formula is C25H24O10. The Morgan fingerprint density at radius 2 is 1.97 bits per heavy atom. The molecule has 0 bridgehead atoms. The molecule has 184 valence electrons. The SMILES string of the molecule is Cc1cc(O)c(C(=O)CCc2ccc3occc3c2)c(O[C@@H]2O[C@@H]3COC(=O)O[C@H]3[C@H](O)[C@H]2O)c1. The Morgan fingerprint density at radius 1 is 1.14 bits per heavy atom. The summed E-state index contributed by atoms with van der Waals surface area (Å²) < 4.78 is 26.5. The van der Waals surface area contributed by atoms with Crippen molar-refractivity contribution in [2.24, 2.45) is 0 Å². The van der Waals surface area contributed by atoms with Crippen molar-refractivity contribution >= 4 is 22.9 Å². The minimum absolute atomic E-state index is 0.00112. The molecule has 0 aliphatic carbocycles. The Balaban J connectivity index is 1.35. The van der Waals surface area contributed by atoms with Crippen molar-refractivity contribution in [1.29, 1.82) is 0 Å². The third-order valence-electron chi connectivity index (χ3n) is 6.14. The third-order valence-corrected chi connectivity index (χ3v) is 6.14. The van der Waals surface area contributed by atoms with Gasteiger partial charge in [-0.3, -0.25) is 4.79 Å². The number of carbonyl (C=O) groups excluding carboxylic acids is 2. The molecule has 10 heteroatoms. The predicted molar refractivity (Wildman–Crippen MR) is 119 cm³/mol. The number of cyclic esters (lactones) is 1. The van der Waals surface area contributed by atoms with Crippen LogP contribution in [-0.4, -0.2) is 64.6 Å². The fourth-order valence-corrected chi connectivity index (χ4v) is 4.37. The van der Waals surface area contributed by atoms with Gasteiger partial charge in [0.2, 0.25) is 6.29 Å². The average molecular weight is 484 g/mol. The first kappa shape index (κ1) is 23.2. The van der Waals surface area contributed by atoms with Crippen molar-refractivity contribution in [2.45, 2.75) is 50.5 Å². The Labute approximate surface area is 199 Å². The van der Waals surface area contributed by atoms with Crippen LogP contribution in [0.5, 0.6) is 11.5 Å². The van der Waals surface area contributed by atoms with Gasteiger partial charge in [-0.25, -0.2) is 4.79 Å². The minimum Gasteiger partial charge on any atom is -0.507 e. The highest BCUT2D eigenvalue weighted by molar-refractivity contribution is 6.01. The van der Waals surface area contributed by atoms with Crippen molar-refractivity contribution in [3.05, 3.63) is 59.4 Å². The number of phenols is 1. The lowest BCUT2D eigenvalue weighted by Gasteiger charge is -2.43. The van der Waals surface area contributed by atoms with Crippen LogP contribution in [-0.2, 0) is 20.6 Å². The van der Waals surface area contributed by atoms with E-state index in [0.717, 1.165) is 16.5 Å². The number of furan rings is 1. The number of aromatic hydroxyl groups is 1. The molecule has 2 aromatic carbocycles. The lowest BCUT2D eigenvalue weighted by atomic mass is 9.98. The zero-order valence-electron chi connectivity index (χ0n) is 18.7. The highest BCUT2D eigenvalue weighted by Gasteiger charge is 2.50. The van der Waals surface area contributed by atoms with Crippen LogP contribution in [0.15, 0.2) is 47.1 Å².